The molecule has 0 aliphatic rings. The summed E-state index contributed by atoms with van der Waals surface area (Å²) in [4.78, 5) is 27.4. The minimum Gasteiger partial charge on any atom is -0.461 e. The Bertz CT molecular complexity index is 1170. The number of fused-ring (bicyclic) bond motifs is 1. The first kappa shape index (κ1) is 18.6. The molecule has 0 atom stereocenters. The van der Waals surface area contributed by atoms with E-state index in [1.807, 2.05) is 30.3 Å². The second-order valence-electron chi connectivity index (χ2n) is 6.14. The number of rotatable bonds is 4. The Hall–Kier alpha value is -2.77. The fourth-order valence-corrected chi connectivity index (χ4v) is 3.38. The van der Waals surface area contributed by atoms with Gasteiger partial charge in [0.05, 0.1) is 16.2 Å². The van der Waals surface area contributed by atoms with E-state index in [1.165, 1.54) is 6.92 Å². The largest absolute Gasteiger partial charge is 0.461 e. The monoisotopic (exact) mass is 456 g/mol. The van der Waals surface area contributed by atoms with E-state index < -0.39 is 0 Å². The first-order chi connectivity index (χ1) is 13.5. The lowest BCUT2D eigenvalue weighted by Gasteiger charge is -2.07. The quantitative estimate of drug-likeness (QED) is 0.428. The number of pyridine rings is 2. The molecule has 1 aromatic carbocycles. The summed E-state index contributed by atoms with van der Waals surface area (Å²) in [6, 6.07) is 11.5. The van der Waals surface area contributed by atoms with Crippen molar-refractivity contribution in [3.05, 3.63) is 63.9 Å². The van der Waals surface area contributed by atoms with Gasteiger partial charge in [0.2, 0.25) is 0 Å². The van der Waals surface area contributed by atoms with Crippen molar-refractivity contribution < 1.29 is 9.53 Å². The molecule has 140 valence electrons. The van der Waals surface area contributed by atoms with Crippen LogP contribution in [0.1, 0.15) is 12.5 Å². The number of aromatic nitrogens is 4. The average Bonchev–Trinajstić information content (AvgIpc) is 3.10. The summed E-state index contributed by atoms with van der Waals surface area (Å²) in [6.45, 7) is 1.51. The maximum atomic E-state index is 10.9. The summed E-state index contributed by atoms with van der Waals surface area (Å²) >= 11 is 9.78. The minimum absolute atomic E-state index is 0.150. The number of carbonyl (C=O) groups is 1. The van der Waals surface area contributed by atoms with Crippen LogP contribution in [0.2, 0.25) is 5.02 Å². The lowest BCUT2D eigenvalue weighted by atomic mass is 10.1. The number of ether oxygens (including phenoxy) is 1. The molecule has 0 aliphatic heterocycles. The van der Waals surface area contributed by atoms with Crippen LogP contribution in [0.25, 0.3) is 33.8 Å². The molecular formula is C20H14BrClN4O2. The maximum absolute atomic E-state index is 10.9. The highest BCUT2D eigenvalue weighted by Crippen LogP contribution is 2.29. The molecule has 6 nitrogen and oxygen atoms in total. The average molecular weight is 458 g/mol. The minimum atomic E-state index is -0.344. The Kier molecular flexibility index (Phi) is 5.11. The van der Waals surface area contributed by atoms with E-state index >= 15 is 0 Å². The molecule has 0 saturated carbocycles. The van der Waals surface area contributed by atoms with Crippen molar-refractivity contribution in [2.24, 2.45) is 0 Å². The highest BCUT2D eigenvalue weighted by molar-refractivity contribution is 9.10. The van der Waals surface area contributed by atoms with Crippen molar-refractivity contribution >= 4 is 44.7 Å². The van der Waals surface area contributed by atoms with Crippen LogP contribution >= 0.6 is 27.5 Å². The molecule has 28 heavy (non-hydrogen) atoms. The number of carbonyl (C=O) groups excluding carboxylic acids is 1. The smallest absolute Gasteiger partial charge is 0.302 e. The number of hydrogen-bond donors (Lipinski definition) is 1. The third-order valence-corrected chi connectivity index (χ3v) is 4.80. The third kappa shape index (κ3) is 3.90. The number of esters is 1. The number of H-pyrrole nitrogens is 1. The fraction of sp³-hybridized carbons (Fsp3) is 0.100. The highest BCUT2D eigenvalue weighted by Gasteiger charge is 2.10. The van der Waals surface area contributed by atoms with Gasteiger partial charge in [-0.25, -0.2) is 9.97 Å². The van der Waals surface area contributed by atoms with Gasteiger partial charge < -0.3 is 9.72 Å². The SMILES string of the molecule is CC(=O)OCc1cnc(-c2ccc(-c3nc4ncc(Br)cc4[nH]3)cc2)c(Cl)c1. The van der Waals surface area contributed by atoms with Gasteiger partial charge in [-0.1, -0.05) is 35.9 Å². The molecule has 0 saturated heterocycles. The second-order valence-corrected chi connectivity index (χ2v) is 7.46. The molecule has 8 heteroatoms. The number of hydrogen-bond acceptors (Lipinski definition) is 5. The summed E-state index contributed by atoms with van der Waals surface area (Å²) < 4.78 is 5.86. The van der Waals surface area contributed by atoms with Crippen LogP contribution in [0.3, 0.4) is 0 Å². The van der Waals surface area contributed by atoms with Crippen molar-refractivity contribution in [3.8, 4) is 22.6 Å². The van der Waals surface area contributed by atoms with Crippen LogP contribution in [-0.4, -0.2) is 25.9 Å². The summed E-state index contributed by atoms with van der Waals surface area (Å²) in [6.07, 6.45) is 3.37. The summed E-state index contributed by atoms with van der Waals surface area (Å²) in [5, 5.41) is 0.496. The molecule has 1 N–H and O–H groups in total. The molecule has 3 heterocycles. The van der Waals surface area contributed by atoms with Crippen LogP contribution in [-0.2, 0) is 16.1 Å². The van der Waals surface area contributed by atoms with E-state index in [0.29, 0.717) is 16.4 Å². The van der Waals surface area contributed by atoms with Crippen molar-refractivity contribution in [2.45, 2.75) is 13.5 Å². The first-order valence-electron chi connectivity index (χ1n) is 8.39. The van der Waals surface area contributed by atoms with Crippen molar-refractivity contribution in [1.29, 1.82) is 0 Å². The Labute approximate surface area is 174 Å². The van der Waals surface area contributed by atoms with Gasteiger partial charge in [0.1, 0.15) is 12.4 Å². The van der Waals surface area contributed by atoms with Crippen LogP contribution < -0.4 is 0 Å². The van der Waals surface area contributed by atoms with Crippen LogP contribution in [0, 0.1) is 0 Å². The Morgan fingerprint density at radius 3 is 2.61 bits per heavy atom. The topological polar surface area (TPSA) is 80.8 Å². The first-order valence-corrected chi connectivity index (χ1v) is 9.56. The molecule has 0 aliphatic carbocycles. The standard InChI is InChI=1S/C20H14BrClN4O2/c1-11(27)28-10-12-6-16(22)18(23-8-12)13-2-4-14(5-3-13)19-25-17-7-15(21)9-24-20(17)26-19/h2-9H,10H2,1H3,(H,24,25,26). The van der Waals surface area contributed by atoms with Gasteiger partial charge in [0.25, 0.3) is 0 Å². The van der Waals surface area contributed by atoms with Crippen molar-refractivity contribution in [1.82, 2.24) is 19.9 Å². The lowest BCUT2D eigenvalue weighted by molar-refractivity contribution is -0.142. The fourth-order valence-electron chi connectivity index (χ4n) is 2.75. The zero-order chi connectivity index (χ0) is 19.7. The number of nitrogens with one attached hydrogen (secondary N) is 1. The molecule has 4 aromatic rings. The molecule has 0 radical (unpaired) electrons. The van der Waals surface area contributed by atoms with Gasteiger partial charge >= 0.3 is 5.97 Å². The van der Waals surface area contributed by atoms with Crippen molar-refractivity contribution in [2.75, 3.05) is 0 Å². The van der Waals surface area contributed by atoms with Gasteiger partial charge in [-0.2, -0.15) is 0 Å². The number of benzene rings is 1. The zero-order valence-corrected chi connectivity index (χ0v) is 17.1. The van der Waals surface area contributed by atoms with E-state index in [2.05, 4.69) is 35.9 Å². The Balaban J connectivity index is 1.59. The number of imidazole rings is 1. The molecule has 0 spiro atoms. The van der Waals surface area contributed by atoms with Gasteiger partial charge in [-0.15, -0.1) is 0 Å². The molecule has 4 rings (SSSR count). The number of nitrogens with zero attached hydrogens (tertiary/aromatic N) is 3. The van der Waals surface area contributed by atoms with Gasteiger partial charge in [-0.3, -0.25) is 9.78 Å². The maximum Gasteiger partial charge on any atom is 0.302 e. The Morgan fingerprint density at radius 2 is 1.89 bits per heavy atom. The van der Waals surface area contributed by atoms with Gasteiger partial charge in [0.15, 0.2) is 5.65 Å². The molecule has 0 fully saturated rings. The predicted octanol–water partition coefficient (Wildman–Crippen LogP) is 5.17. The van der Waals surface area contributed by atoms with Crippen LogP contribution in [0.4, 0.5) is 0 Å². The molecule has 0 bridgehead atoms. The van der Waals surface area contributed by atoms with Crippen molar-refractivity contribution in [3.63, 3.8) is 0 Å². The normalized spacial score (nSPS) is 11.0. The number of halogens is 2. The van der Waals surface area contributed by atoms with E-state index in [4.69, 9.17) is 16.3 Å². The second kappa shape index (κ2) is 7.69. The number of aromatic amines is 1. The lowest BCUT2D eigenvalue weighted by Crippen LogP contribution is -1.99. The van der Waals surface area contributed by atoms with Crippen LogP contribution in [0.5, 0.6) is 0 Å². The summed E-state index contributed by atoms with van der Waals surface area (Å²) in [7, 11) is 0. The molecule has 3 aromatic heterocycles. The summed E-state index contributed by atoms with van der Waals surface area (Å²) in [5.74, 6) is 0.395. The molecule has 0 unspecified atom stereocenters. The van der Waals surface area contributed by atoms with E-state index in [-0.39, 0.29) is 12.6 Å². The predicted molar refractivity (Wildman–Crippen MR) is 111 cm³/mol. The Morgan fingerprint density at radius 1 is 1.14 bits per heavy atom. The van der Waals surface area contributed by atoms with Gasteiger partial charge in [-0.05, 0) is 28.1 Å². The van der Waals surface area contributed by atoms with E-state index in [0.717, 1.165) is 32.5 Å². The third-order valence-electron chi connectivity index (χ3n) is 4.08. The zero-order valence-electron chi connectivity index (χ0n) is 14.7. The van der Waals surface area contributed by atoms with E-state index in [9.17, 15) is 4.79 Å². The van der Waals surface area contributed by atoms with Crippen LogP contribution in [0.15, 0.2) is 53.3 Å². The molecular weight excluding hydrogens is 444 g/mol. The highest BCUT2D eigenvalue weighted by atomic mass is 79.9. The van der Waals surface area contributed by atoms with E-state index in [1.54, 1.807) is 18.5 Å². The summed E-state index contributed by atoms with van der Waals surface area (Å²) in [5.41, 5.74) is 4.73. The molecule has 0 amide bonds. The van der Waals surface area contributed by atoms with Gasteiger partial charge in [0, 0.05) is 40.5 Å².